The molecule has 1 aromatic carbocycles. The van der Waals surface area contributed by atoms with E-state index in [1.54, 1.807) is 0 Å². The largest absolute Gasteiger partial charge is 0.482 e. The summed E-state index contributed by atoms with van der Waals surface area (Å²) in [6.45, 7) is 4.26. The van der Waals surface area contributed by atoms with Gasteiger partial charge in [-0.3, -0.25) is 4.79 Å². The quantitative estimate of drug-likeness (QED) is 0.798. The van der Waals surface area contributed by atoms with Crippen LogP contribution in [0.2, 0.25) is 5.02 Å². The van der Waals surface area contributed by atoms with E-state index in [1.165, 1.54) is 22.5 Å². The van der Waals surface area contributed by atoms with Gasteiger partial charge in [0, 0.05) is 30.2 Å². The number of amides is 1. The lowest BCUT2D eigenvalue weighted by atomic mass is 10.1. The third-order valence-corrected chi connectivity index (χ3v) is 6.08. The number of sulfonamides is 1. The SMILES string of the molecule is CC1NCCN(S(=O)(=O)c2cc(Cl)ccc2OCC(N)=O)C1C. The predicted molar refractivity (Wildman–Crippen MR) is 87.0 cm³/mol. The third kappa shape index (κ3) is 3.95. The first-order valence-corrected chi connectivity index (χ1v) is 9.01. The molecule has 0 radical (unpaired) electrons. The maximum absolute atomic E-state index is 13.0. The van der Waals surface area contributed by atoms with E-state index >= 15 is 0 Å². The van der Waals surface area contributed by atoms with Gasteiger partial charge in [0.1, 0.15) is 10.6 Å². The molecule has 7 nitrogen and oxygen atoms in total. The molecule has 0 aliphatic carbocycles. The Morgan fingerprint density at radius 2 is 2.17 bits per heavy atom. The van der Waals surface area contributed by atoms with Crippen molar-refractivity contribution in [3.8, 4) is 5.75 Å². The second kappa shape index (κ2) is 7.04. The Kier molecular flexibility index (Phi) is 5.51. The van der Waals surface area contributed by atoms with Crippen LogP contribution in [-0.4, -0.2) is 50.4 Å². The molecule has 1 saturated heterocycles. The Morgan fingerprint density at radius 3 is 2.83 bits per heavy atom. The number of nitrogens with zero attached hydrogens (tertiary/aromatic N) is 1. The molecule has 1 amide bonds. The summed E-state index contributed by atoms with van der Waals surface area (Å²) in [6.07, 6.45) is 0. The van der Waals surface area contributed by atoms with E-state index in [0.29, 0.717) is 13.1 Å². The minimum Gasteiger partial charge on any atom is -0.482 e. The molecule has 9 heteroatoms. The summed E-state index contributed by atoms with van der Waals surface area (Å²) in [5.74, 6) is -0.626. The van der Waals surface area contributed by atoms with Crippen LogP contribution in [0.15, 0.2) is 23.1 Å². The van der Waals surface area contributed by atoms with Crippen molar-refractivity contribution < 1.29 is 17.9 Å². The smallest absolute Gasteiger partial charge is 0.255 e. The zero-order valence-electron chi connectivity index (χ0n) is 13.0. The van der Waals surface area contributed by atoms with E-state index in [2.05, 4.69) is 5.32 Å². The van der Waals surface area contributed by atoms with Crippen LogP contribution in [0.5, 0.6) is 5.75 Å². The van der Waals surface area contributed by atoms with Crippen molar-refractivity contribution in [2.75, 3.05) is 19.7 Å². The lowest BCUT2D eigenvalue weighted by Crippen LogP contribution is -2.57. The summed E-state index contributed by atoms with van der Waals surface area (Å²) >= 11 is 5.95. The van der Waals surface area contributed by atoms with Crippen LogP contribution >= 0.6 is 11.6 Å². The number of carbonyl (C=O) groups excluding carboxylic acids is 1. The van der Waals surface area contributed by atoms with Crippen molar-refractivity contribution in [2.45, 2.75) is 30.8 Å². The molecule has 1 aliphatic heterocycles. The summed E-state index contributed by atoms with van der Waals surface area (Å²) in [5, 5.41) is 3.50. The highest BCUT2D eigenvalue weighted by Crippen LogP contribution is 2.31. The lowest BCUT2D eigenvalue weighted by molar-refractivity contribution is -0.120. The third-order valence-electron chi connectivity index (χ3n) is 3.84. The number of hydrogen-bond donors (Lipinski definition) is 2. The molecule has 0 saturated carbocycles. The van der Waals surface area contributed by atoms with Crippen LogP contribution in [0.4, 0.5) is 0 Å². The first-order valence-electron chi connectivity index (χ1n) is 7.19. The fraction of sp³-hybridized carbons (Fsp3) is 0.500. The molecule has 128 valence electrons. The minimum absolute atomic E-state index is 0.0210. The zero-order chi connectivity index (χ0) is 17.2. The van der Waals surface area contributed by atoms with E-state index in [4.69, 9.17) is 22.1 Å². The van der Waals surface area contributed by atoms with Crippen LogP contribution in [0.3, 0.4) is 0 Å². The number of nitrogens with two attached hydrogens (primary N) is 1. The van der Waals surface area contributed by atoms with Crippen molar-refractivity contribution in [1.29, 1.82) is 0 Å². The maximum atomic E-state index is 13.0. The van der Waals surface area contributed by atoms with Gasteiger partial charge in [0.25, 0.3) is 5.91 Å². The predicted octanol–water partition coefficient (Wildman–Crippen LogP) is 0.575. The first-order chi connectivity index (χ1) is 10.7. The number of hydrogen-bond acceptors (Lipinski definition) is 5. The van der Waals surface area contributed by atoms with Gasteiger partial charge in [-0.2, -0.15) is 4.31 Å². The maximum Gasteiger partial charge on any atom is 0.255 e. The highest BCUT2D eigenvalue weighted by Gasteiger charge is 2.36. The molecular formula is C14H20ClN3O4S. The Bertz CT molecular complexity index is 695. The van der Waals surface area contributed by atoms with Crippen LogP contribution in [0.1, 0.15) is 13.8 Å². The second-order valence-electron chi connectivity index (χ2n) is 5.45. The molecule has 3 N–H and O–H groups in total. The van der Waals surface area contributed by atoms with E-state index < -0.39 is 22.5 Å². The highest BCUT2D eigenvalue weighted by molar-refractivity contribution is 7.89. The van der Waals surface area contributed by atoms with Crippen LogP contribution in [0, 0.1) is 0 Å². The number of piperazine rings is 1. The highest BCUT2D eigenvalue weighted by atomic mass is 35.5. The van der Waals surface area contributed by atoms with Crippen molar-refractivity contribution in [1.82, 2.24) is 9.62 Å². The Balaban J connectivity index is 2.41. The molecule has 1 aliphatic rings. The minimum atomic E-state index is -3.81. The van der Waals surface area contributed by atoms with Crippen molar-refractivity contribution in [3.05, 3.63) is 23.2 Å². The van der Waals surface area contributed by atoms with Gasteiger partial charge >= 0.3 is 0 Å². The van der Waals surface area contributed by atoms with E-state index in [9.17, 15) is 13.2 Å². The van der Waals surface area contributed by atoms with Crippen LogP contribution in [-0.2, 0) is 14.8 Å². The average molecular weight is 362 g/mol. The summed E-state index contributed by atoms with van der Waals surface area (Å²) < 4.78 is 32.7. The van der Waals surface area contributed by atoms with Crippen molar-refractivity contribution >= 4 is 27.5 Å². The normalized spacial score (nSPS) is 22.7. The van der Waals surface area contributed by atoms with E-state index in [-0.39, 0.29) is 27.8 Å². The molecule has 2 rings (SSSR count). The summed E-state index contributed by atoms with van der Waals surface area (Å²) in [6, 6.07) is 4.05. The number of primary amides is 1. The fourth-order valence-electron chi connectivity index (χ4n) is 2.44. The standard InChI is InChI=1S/C14H20ClN3O4S/c1-9-10(2)18(6-5-17-9)23(20,21)13-7-11(15)3-4-12(13)22-8-14(16)19/h3-4,7,9-10,17H,5-6,8H2,1-2H3,(H2,16,19). The molecule has 2 unspecified atom stereocenters. The molecule has 1 fully saturated rings. The Labute approximate surface area is 140 Å². The molecule has 1 aromatic rings. The van der Waals surface area contributed by atoms with Crippen molar-refractivity contribution in [2.24, 2.45) is 5.73 Å². The Hall–Kier alpha value is -1.35. The molecule has 2 atom stereocenters. The number of ether oxygens (including phenoxy) is 1. The molecule has 0 aromatic heterocycles. The molecule has 0 bridgehead atoms. The molecule has 23 heavy (non-hydrogen) atoms. The van der Waals surface area contributed by atoms with Crippen LogP contribution < -0.4 is 15.8 Å². The number of benzene rings is 1. The number of rotatable bonds is 5. The molecular weight excluding hydrogens is 342 g/mol. The van der Waals surface area contributed by atoms with Gasteiger partial charge in [-0.1, -0.05) is 11.6 Å². The molecule has 1 heterocycles. The number of nitrogens with one attached hydrogen (secondary N) is 1. The first kappa shape index (κ1) is 18.0. The van der Waals surface area contributed by atoms with Crippen LogP contribution in [0.25, 0.3) is 0 Å². The number of carbonyl (C=O) groups is 1. The molecule has 0 spiro atoms. The van der Waals surface area contributed by atoms with E-state index in [1.807, 2.05) is 13.8 Å². The summed E-state index contributed by atoms with van der Waals surface area (Å²) in [4.78, 5) is 10.8. The second-order valence-corrected chi connectivity index (χ2v) is 7.74. The van der Waals surface area contributed by atoms with Gasteiger partial charge in [0.2, 0.25) is 10.0 Å². The summed E-state index contributed by atoms with van der Waals surface area (Å²) in [5.41, 5.74) is 5.05. The van der Waals surface area contributed by atoms with Gasteiger partial charge in [-0.05, 0) is 32.0 Å². The Morgan fingerprint density at radius 1 is 1.48 bits per heavy atom. The average Bonchev–Trinajstić information content (AvgIpc) is 2.48. The van der Waals surface area contributed by atoms with Gasteiger partial charge < -0.3 is 15.8 Å². The topological polar surface area (TPSA) is 102 Å². The number of halogens is 1. The van der Waals surface area contributed by atoms with Gasteiger partial charge in [-0.15, -0.1) is 0 Å². The fourth-order valence-corrected chi connectivity index (χ4v) is 4.54. The van der Waals surface area contributed by atoms with E-state index in [0.717, 1.165) is 0 Å². The zero-order valence-corrected chi connectivity index (χ0v) is 14.5. The summed E-state index contributed by atoms with van der Waals surface area (Å²) in [7, 11) is -3.81. The van der Waals surface area contributed by atoms with Gasteiger partial charge in [-0.25, -0.2) is 8.42 Å². The van der Waals surface area contributed by atoms with Gasteiger partial charge in [0.15, 0.2) is 6.61 Å². The van der Waals surface area contributed by atoms with Crippen molar-refractivity contribution in [3.63, 3.8) is 0 Å². The van der Waals surface area contributed by atoms with Gasteiger partial charge in [0.05, 0.1) is 0 Å². The lowest BCUT2D eigenvalue weighted by Gasteiger charge is -2.37. The monoisotopic (exact) mass is 361 g/mol.